The monoisotopic (exact) mass is 568 g/mol. The molecule has 2 aliphatic heterocycles. The Morgan fingerprint density at radius 3 is 1.34 bits per heavy atom. The molecule has 0 atom stereocenters. The first-order valence-electron chi connectivity index (χ1n) is 15.5. The summed E-state index contributed by atoms with van der Waals surface area (Å²) in [6.45, 7) is 4.69. The minimum Gasteiger partial charge on any atom is -0.344 e. The first-order chi connectivity index (χ1) is 21.4. The summed E-state index contributed by atoms with van der Waals surface area (Å²) in [7, 11) is 4.41. The van der Waals surface area contributed by atoms with Crippen LogP contribution in [0.15, 0.2) is 146 Å². The van der Waals surface area contributed by atoms with E-state index in [1.165, 1.54) is 67.3 Å². The Labute approximate surface area is 260 Å². The van der Waals surface area contributed by atoms with Gasteiger partial charge < -0.3 is 9.80 Å². The molecular weight excluding hydrogens is 532 g/mol. The maximum absolute atomic E-state index is 2.40. The molecule has 2 heterocycles. The van der Waals surface area contributed by atoms with Gasteiger partial charge in [0.25, 0.3) is 0 Å². The fourth-order valence-corrected chi connectivity index (χ4v) is 7.92. The summed E-state index contributed by atoms with van der Waals surface area (Å²) in [5, 5.41) is 0. The lowest BCUT2D eigenvalue weighted by atomic mass is 9.62. The summed E-state index contributed by atoms with van der Waals surface area (Å²) in [6.07, 6.45) is 0. The van der Waals surface area contributed by atoms with E-state index in [0.717, 1.165) is 0 Å². The van der Waals surface area contributed by atoms with Crippen LogP contribution in [-0.4, -0.2) is 14.1 Å². The van der Waals surface area contributed by atoms with Gasteiger partial charge in [-0.2, -0.15) is 0 Å². The lowest BCUT2D eigenvalue weighted by Gasteiger charge is -2.45. The van der Waals surface area contributed by atoms with Gasteiger partial charge in [-0.3, -0.25) is 0 Å². The molecule has 8 rings (SSSR count). The second-order valence-corrected chi connectivity index (χ2v) is 12.7. The van der Waals surface area contributed by atoms with E-state index in [0.29, 0.717) is 0 Å². The van der Waals surface area contributed by atoms with Crippen molar-refractivity contribution in [2.45, 2.75) is 24.7 Å². The molecule has 0 spiro atoms. The third-order valence-corrected chi connectivity index (χ3v) is 10.2. The number of para-hydroxylation sites is 2. The van der Waals surface area contributed by atoms with Gasteiger partial charge in [0, 0.05) is 42.3 Å². The summed E-state index contributed by atoms with van der Waals surface area (Å²) < 4.78 is 0. The van der Waals surface area contributed by atoms with Crippen molar-refractivity contribution >= 4 is 22.7 Å². The van der Waals surface area contributed by atoms with E-state index in [9.17, 15) is 0 Å². The van der Waals surface area contributed by atoms with Crippen molar-refractivity contribution in [3.8, 4) is 11.1 Å². The van der Waals surface area contributed by atoms with Crippen LogP contribution in [0.2, 0.25) is 0 Å². The topological polar surface area (TPSA) is 6.48 Å². The van der Waals surface area contributed by atoms with Gasteiger partial charge in [0.2, 0.25) is 0 Å². The van der Waals surface area contributed by atoms with Crippen molar-refractivity contribution in [1.29, 1.82) is 0 Å². The van der Waals surface area contributed by atoms with E-state index in [2.05, 4.69) is 183 Å². The average molecular weight is 569 g/mol. The van der Waals surface area contributed by atoms with Gasteiger partial charge in [-0.05, 0) is 68.8 Å². The molecule has 2 aliphatic rings. The number of hydrogen-bond acceptors (Lipinski definition) is 2. The predicted octanol–water partition coefficient (Wildman–Crippen LogP) is 10.2. The van der Waals surface area contributed by atoms with Crippen LogP contribution in [0, 0.1) is 0 Å². The van der Waals surface area contributed by atoms with Gasteiger partial charge in [-0.15, -0.1) is 0 Å². The van der Waals surface area contributed by atoms with Gasteiger partial charge in [-0.25, -0.2) is 0 Å². The Hall–Kier alpha value is -5.08. The van der Waals surface area contributed by atoms with E-state index in [-0.39, 0.29) is 5.41 Å². The molecule has 214 valence electrons. The summed E-state index contributed by atoms with van der Waals surface area (Å²) in [4.78, 5) is 4.73. The molecule has 0 unspecified atom stereocenters. The third kappa shape index (κ3) is 3.61. The van der Waals surface area contributed by atoms with Gasteiger partial charge in [0.15, 0.2) is 0 Å². The Morgan fingerprint density at radius 2 is 0.773 bits per heavy atom. The zero-order chi connectivity index (χ0) is 30.1. The number of benzene rings is 6. The van der Waals surface area contributed by atoms with Crippen LogP contribution in [0.4, 0.5) is 22.7 Å². The van der Waals surface area contributed by atoms with E-state index in [1.54, 1.807) is 0 Å². The number of hydrogen-bond donors (Lipinski definition) is 0. The Bertz CT molecular complexity index is 1980. The van der Waals surface area contributed by atoms with Gasteiger partial charge in [0.05, 0.1) is 5.41 Å². The first-order valence-corrected chi connectivity index (χ1v) is 15.5. The van der Waals surface area contributed by atoms with Crippen molar-refractivity contribution in [2.24, 2.45) is 0 Å². The summed E-state index contributed by atoms with van der Waals surface area (Å²) >= 11 is 0. The molecule has 44 heavy (non-hydrogen) atoms. The predicted molar refractivity (Wildman–Crippen MR) is 185 cm³/mol. The Kier molecular flexibility index (Phi) is 5.86. The molecule has 0 aromatic heterocycles. The molecule has 2 heteroatoms. The summed E-state index contributed by atoms with van der Waals surface area (Å²) in [6, 6.07) is 53.9. The zero-order valence-electron chi connectivity index (χ0n) is 25.8. The highest BCUT2D eigenvalue weighted by Crippen LogP contribution is 2.56. The number of nitrogens with zero attached hydrogens (tertiary/aromatic N) is 2. The van der Waals surface area contributed by atoms with Gasteiger partial charge in [0.1, 0.15) is 0 Å². The highest BCUT2D eigenvalue weighted by molar-refractivity contribution is 5.87. The SMILES string of the molecule is CN1c2ccccc2C(C)(C)c2ccc(-c3ccc4c(c3)N(C)c3ccccc3C4(c3ccccc3)c3ccccc3)cc21. The molecule has 0 N–H and O–H groups in total. The zero-order valence-corrected chi connectivity index (χ0v) is 25.8. The largest absolute Gasteiger partial charge is 0.344 e. The number of anilines is 4. The fourth-order valence-electron chi connectivity index (χ4n) is 7.92. The highest BCUT2D eigenvalue weighted by Gasteiger charge is 2.45. The first kappa shape index (κ1) is 26.5. The molecule has 0 amide bonds. The molecule has 2 nitrogen and oxygen atoms in total. The standard InChI is InChI=1S/C42H36N2/c1-41(2)33-19-11-13-21-37(33)43(3)39-27-29(23-25-34(39)41)30-24-26-36-40(28-30)44(4)38-22-14-12-20-35(38)42(36,31-15-7-5-8-16-31)32-17-9-6-10-18-32/h5-28H,1-4H3. The second-order valence-electron chi connectivity index (χ2n) is 12.7. The molecule has 0 saturated carbocycles. The quantitative estimate of drug-likeness (QED) is 0.210. The lowest BCUT2D eigenvalue weighted by molar-refractivity contribution is 0.629. The van der Waals surface area contributed by atoms with Crippen LogP contribution in [0.3, 0.4) is 0 Å². The summed E-state index contributed by atoms with van der Waals surface area (Å²) in [5.41, 5.74) is 14.8. The normalized spacial score (nSPS) is 15.5. The maximum atomic E-state index is 2.40. The third-order valence-electron chi connectivity index (χ3n) is 10.2. The smallest absolute Gasteiger partial charge is 0.0742 e. The van der Waals surface area contributed by atoms with Crippen molar-refractivity contribution in [3.63, 3.8) is 0 Å². The van der Waals surface area contributed by atoms with E-state index < -0.39 is 5.41 Å². The molecule has 0 fully saturated rings. The molecule has 0 saturated heterocycles. The summed E-state index contributed by atoms with van der Waals surface area (Å²) in [5.74, 6) is 0. The number of fused-ring (bicyclic) bond motifs is 4. The van der Waals surface area contributed by atoms with Crippen LogP contribution < -0.4 is 9.80 Å². The van der Waals surface area contributed by atoms with E-state index in [4.69, 9.17) is 0 Å². The molecule has 6 aromatic rings. The minimum atomic E-state index is -0.441. The average Bonchev–Trinajstić information content (AvgIpc) is 3.08. The Morgan fingerprint density at radius 1 is 0.386 bits per heavy atom. The maximum Gasteiger partial charge on any atom is 0.0742 e. The second kappa shape index (κ2) is 9.72. The number of rotatable bonds is 3. The molecule has 0 aliphatic carbocycles. The van der Waals surface area contributed by atoms with Crippen molar-refractivity contribution < 1.29 is 0 Å². The van der Waals surface area contributed by atoms with Crippen LogP contribution in [0.5, 0.6) is 0 Å². The lowest BCUT2D eigenvalue weighted by Crippen LogP contribution is -2.37. The fraction of sp³-hybridized carbons (Fsp3) is 0.143. The molecule has 0 bridgehead atoms. The molecular formula is C42H36N2. The van der Waals surface area contributed by atoms with Gasteiger partial charge >= 0.3 is 0 Å². The molecule has 0 radical (unpaired) electrons. The van der Waals surface area contributed by atoms with Gasteiger partial charge in [-0.1, -0.05) is 135 Å². The van der Waals surface area contributed by atoms with Crippen molar-refractivity contribution in [1.82, 2.24) is 0 Å². The van der Waals surface area contributed by atoms with Crippen molar-refractivity contribution in [3.05, 3.63) is 179 Å². The van der Waals surface area contributed by atoms with Crippen LogP contribution in [-0.2, 0) is 10.8 Å². The van der Waals surface area contributed by atoms with E-state index in [1.807, 2.05) is 0 Å². The van der Waals surface area contributed by atoms with Crippen LogP contribution in [0.25, 0.3) is 11.1 Å². The van der Waals surface area contributed by atoms with E-state index >= 15 is 0 Å². The Balaban J connectivity index is 1.35. The van der Waals surface area contributed by atoms with Crippen LogP contribution >= 0.6 is 0 Å². The molecule has 6 aromatic carbocycles. The minimum absolute atomic E-state index is 0.0677. The van der Waals surface area contributed by atoms with Crippen LogP contribution in [0.1, 0.15) is 47.2 Å². The van der Waals surface area contributed by atoms with Crippen molar-refractivity contribution in [2.75, 3.05) is 23.9 Å². The highest BCUT2D eigenvalue weighted by atomic mass is 15.1.